The Morgan fingerprint density at radius 3 is 2.58 bits per heavy atom. The van der Waals surface area contributed by atoms with Crippen molar-refractivity contribution < 1.29 is 4.74 Å². The second-order valence-corrected chi connectivity index (χ2v) is 3.49. The van der Waals surface area contributed by atoms with E-state index in [1.165, 1.54) is 12.0 Å². The molecular weight excluding hydrogens is 148 g/mol. The van der Waals surface area contributed by atoms with Crippen molar-refractivity contribution in [1.82, 2.24) is 0 Å². The highest BCUT2D eigenvalue weighted by Gasteiger charge is 2.22. The smallest absolute Gasteiger partial charge is 0.0554 e. The van der Waals surface area contributed by atoms with Gasteiger partial charge in [0.05, 0.1) is 12.7 Å². The fourth-order valence-electron chi connectivity index (χ4n) is 1.77. The van der Waals surface area contributed by atoms with E-state index in [-0.39, 0.29) is 0 Å². The van der Waals surface area contributed by atoms with E-state index in [4.69, 9.17) is 4.74 Å². The number of ether oxygens (including phenoxy) is 1. The van der Waals surface area contributed by atoms with Crippen LogP contribution in [0.5, 0.6) is 0 Å². The largest absolute Gasteiger partial charge is 0.378 e. The third-order valence-electron chi connectivity index (χ3n) is 2.47. The summed E-state index contributed by atoms with van der Waals surface area (Å²) in [4.78, 5) is 0. The Morgan fingerprint density at radius 1 is 1.25 bits per heavy atom. The Kier molecular flexibility index (Phi) is 2.13. The van der Waals surface area contributed by atoms with Gasteiger partial charge < -0.3 is 4.74 Å². The predicted molar refractivity (Wildman–Crippen MR) is 49.2 cm³/mol. The molecule has 1 aromatic rings. The molecule has 1 fully saturated rings. The molecule has 12 heavy (non-hydrogen) atoms. The van der Waals surface area contributed by atoms with E-state index in [0.717, 1.165) is 6.61 Å². The number of hydrogen-bond donors (Lipinski definition) is 0. The molecule has 0 radical (unpaired) electrons. The molecule has 0 saturated carbocycles. The summed E-state index contributed by atoms with van der Waals surface area (Å²) in [7, 11) is 0. The van der Waals surface area contributed by atoms with Crippen molar-refractivity contribution in [2.75, 3.05) is 6.61 Å². The summed E-state index contributed by atoms with van der Waals surface area (Å²) in [5.74, 6) is 0.626. The molecule has 64 valence electrons. The fourth-order valence-corrected chi connectivity index (χ4v) is 1.77. The molecule has 1 aliphatic rings. The van der Waals surface area contributed by atoms with Crippen molar-refractivity contribution in [2.24, 2.45) is 0 Å². The second-order valence-electron chi connectivity index (χ2n) is 3.49. The topological polar surface area (TPSA) is 9.23 Å². The minimum atomic E-state index is 0.440. The maximum absolute atomic E-state index is 5.52. The number of hydrogen-bond acceptors (Lipinski definition) is 1. The SMILES string of the molecule is C[C@H]1C[C@@H](c2ccccc2)CO1. The lowest BCUT2D eigenvalue weighted by molar-refractivity contribution is 0.123. The minimum Gasteiger partial charge on any atom is -0.378 e. The van der Waals surface area contributed by atoms with Gasteiger partial charge in [0.1, 0.15) is 0 Å². The first kappa shape index (κ1) is 7.81. The molecule has 0 bridgehead atoms. The molecule has 0 spiro atoms. The van der Waals surface area contributed by atoms with Gasteiger partial charge in [-0.3, -0.25) is 0 Å². The number of benzene rings is 1. The maximum Gasteiger partial charge on any atom is 0.0554 e. The lowest BCUT2D eigenvalue weighted by Crippen LogP contribution is -1.96. The molecule has 1 nitrogen and oxygen atoms in total. The van der Waals surface area contributed by atoms with Crippen LogP contribution in [-0.4, -0.2) is 12.7 Å². The van der Waals surface area contributed by atoms with Crippen LogP contribution in [0.15, 0.2) is 30.3 Å². The Hall–Kier alpha value is -0.820. The second kappa shape index (κ2) is 3.28. The van der Waals surface area contributed by atoms with Crippen LogP contribution in [0.25, 0.3) is 0 Å². The monoisotopic (exact) mass is 162 g/mol. The first-order valence-electron chi connectivity index (χ1n) is 4.53. The average molecular weight is 162 g/mol. The average Bonchev–Trinajstić information content (AvgIpc) is 2.54. The van der Waals surface area contributed by atoms with E-state index >= 15 is 0 Å². The summed E-state index contributed by atoms with van der Waals surface area (Å²) in [6, 6.07) is 10.6. The van der Waals surface area contributed by atoms with Crippen LogP contribution in [0.3, 0.4) is 0 Å². The Morgan fingerprint density at radius 2 is 2.00 bits per heavy atom. The van der Waals surface area contributed by atoms with Crippen molar-refractivity contribution in [3.05, 3.63) is 35.9 Å². The quantitative estimate of drug-likeness (QED) is 0.616. The van der Waals surface area contributed by atoms with Gasteiger partial charge in [0.2, 0.25) is 0 Å². The van der Waals surface area contributed by atoms with Crippen LogP contribution < -0.4 is 0 Å². The highest BCUT2D eigenvalue weighted by molar-refractivity contribution is 5.20. The van der Waals surface area contributed by atoms with Crippen LogP contribution in [0.1, 0.15) is 24.8 Å². The summed E-state index contributed by atoms with van der Waals surface area (Å²) >= 11 is 0. The Bertz CT molecular complexity index is 242. The summed E-state index contributed by atoms with van der Waals surface area (Å²) in [5.41, 5.74) is 1.42. The van der Waals surface area contributed by atoms with E-state index in [1.807, 2.05) is 0 Å². The van der Waals surface area contributed by atoms with Crippen molar-refractivity contribution in [1.29, 1.82) is 0 Å². The molecule has 0 amide bonds. The van der Waals surface area contributed by atoms with Gasteiger partial charge in [-0.1, -0.05) is 30.3 Å². The predicted octanol–water partition coefficient (Wildman–Crippen LogP) is 2.58. The summed E-state index contributed by atoms with van der Waals surface area (Å²) in [5, 5.41) is 0. The van der Waals surface area contributed by atoms with Crippen molar-refractivity contribution in [3.63, 3.8) is 0 Å². The zero-order valence-electron chi connectivity index (χ0n) is 7.36. The molecular formula is C11H14O. The van der Waals surface area contributed by atoms with E-state index in [9.17, 15) is 0 Å². The molecule has 0 aliphatic carbocycles. The van der Waals surface area contributed by atoms with Gasteiger partial charge >= 0.3 is 0 Å². The highest BCUT2D eigenvalue weighted by atomic mass is 16.5. The minimum absolute atomic E-state index is 0.440. The summed E-state index contributed by atoms with van der Waals surface area (Å²) < 4.78 is 5.52. The van der Waals surface area contributed by atoms with E-state index in [1.54, 1.807) is 0 Å². The van der Waals surface area contributed by atoms with E-state index in [0.29, 0.717) is 12.0 Å². The van der Waals surface area contributed by atoms with Crippen LogP contribution in [0.2, 0.25) is 0 Å². The first-order chi connectivity index (χ1) is 5.86. The highest BCUT2D eigenvalue weighted by Crippen LogP contribution is 2.28. The third kappa shape index (κ3) is 1.51. The van der Waals surface area contributed by atoms with Crippen LogP contribution in [0.4, 0.5) is 0 Å². The molecule has 1 heteroatoms. The summed E-state index contributed by atoms with van der Waals surface area (Å²) in [6.45, 7) is 3.04. The molecule has 0 aromatic heterocycles. The Balaban J connectivity index is 2.11. The van der Waals surface area contributed by atoms with Gasteiger partial charge in [-0.25, -0.2) is 0 Å². The standard InChI is InChI=1S/C11H14O/c1-9-7-11(8-12-9)10-5-3-2-4-6-10/h2-6,9,11H,7-8H2,1H3/t9-,11+/m0/s1. The molecule has 1 aliphatic heterocycles. The van der Waals surface area contributed by atoms with Crippen LogP contribution >= 0.6 is 0 Å². The van der Waals surface area contributed by atoms with Gasteiger partial charge in [-0.2, -0.15) is 0 Å². The Labute approximate surface area is 73.4 Å². The van der Waals surface area contributed by atoms with Crippen molar-refractivity contribution >= 4 is 0 Å². The van der Waals surface area contributed by atoms with Crippen molar-refractivity contribution in [2.45, 2.75) is 25.4 Å². The molecule has 1 saturated heterocycles. The van der Waals surface area contributed by atoms with Gasteiger partial charge in [-0.05, 0) is 18.9 Å². The lowest BCUT2D eigenvalue weighted by Gasteiger charge is -2.06. The zero-order chi connectivity index (χ0) is 8.39. The zero-order valence-corrected chi connectivity index (χ0v) is 7.36. The fraction of sp³-hybridized carbons (Fsp3) is 0.455. The molecule has 0 N–H and O–H groups in total. The van der Waals surface area contributed by atoms with Gasteiger partial charge in [0.25, 0.3) is 0 Å². The third-order valence-corrected chi connectivity index (χ3v) is 2.47. The maximum atomic E-state index is 5.52. The molecule has 1 aromatic carbocycles. The normalized spacial score (nSPS) is 29.1. The van der Waals surface area contributed by atoms with E-state index in [2.05, 4.69) is 37.3 Å². The van der Waals surface area contributed by atoms with Crippen molar-refractivity contribution in [3.8, 4) is 0 Å². The lowest BCUT2D eigenvalue weighted by atomic mass is 9.97. The summed E-state index contributed by atoms with van der Waals surface area (Å²) in [6.07, 6.45) is 1.61. The van der Waals surface area contributed by atoms with Crippen LogP contribution in [-0.2, 0) is 4.74 Å². The first-order valence-corrected chi connectivity index (χ1v) is 4.53. The molecule has 1 heterocycles. The molecule has 2 rings (SSSR count). The van der Waals surface area contributed by atoms with Gasteiger partial charge in [0, 0.05) is 5.92 Å². The van der Waals surface area contributed by atoms with Crippen LogP contribution in [0, 0.1) is 0 Å². The molecule has 2 atom stereocenters. The molecule has 0 unspecified atom stereocenters. The van der Waals surface area contributed by atoms with E-state index < -0.39 is 0 Å². The van der Waals surface area contributed by atoms with Gasteiger partial charge in [0.15, 0.2) is 0 Å². The number of rotatable bonds is 1. The van der Waals surface area contributed by atoms with Gasteiger partial charge in [-0.15, -0.1) is 0 Å².